The Balaban J connectivity index is 1.72. The molecule has 0 aliphatic heterocycles. The Labute approximate surface area is 144 Å². The highest BCUT2D eigenvalue weighted by atomic mass is 16.3. The summed E-state index contributed by atoms with van der Waals surface area (Å²) in [4.78, 5) is 24.0. The number of Topliss-reactive ketones (excluding diaryl/α,β-unsaturated/α-hetero) is 1. The molecule has 0 amide bonds. The molecule has 24 heavy (non-hydrogen) atoms. The SMILES string of the molecule is CC(=O)[C@H]1CC[C@H]2[C@@H]3CCC4=CC(=O)CC[C@@]4(C)[C@@H]3[C@H](O)C[C@]12C. The van der Waals surface area contributed by atoms with Gasteiger partial charge in [-0.1, -0.05) is 19.4 Å². The quantitative estimate of drug-likeness (QED) is 0.797. The summed E-state index contributed by atoms with van der Waals surface area (Å²) in [5.74, 6) is 1.99. The molecule has 4 aliphatic carbocycles. The van der Waals surface area contributed by atoms with Gasteiger partial charge < -0.3 is 5.11 Å². The summed E-state index contributed by atoms with van der Waals surface area (Å²) in [6.07, 6.45) is 7.97. The maximum Gasteiger partial charge on any atom is 0.155 e. The van der Waals surface area contributed by atoms with Gasteiger partial charge in [-0.15, -0.1) is 0 Å². The molecule has 0 heterocycles. The number of hydrogen-bond donors (Lipinski definition) is 1. The fourth-order valence-corrected chi connectivity index (χ4v) is 7.35. The highest BCUT2D eigenvalue weighted by molar-refractivity contribution is 5.91. The van der Waals surface area contributed by atoms with Crippen LogP contribution in [0.4, 0.5) is 0 Å². The van der Waals surface area contributed by atoms with Crippen LogP contribution in [0.25, 0.3) is 0 Å². The second kappa shape index (κ2) is 5.27. The van der Waals surface area contributed by atoms with Crippen LogP contribution in [0, 0.1) is 34.5 Å². The van der Waals surface area contributed by atoms with E-state index in [0.717, 1.165) is 38.5 Å². The van der Waals surface area contributed by atoms with Crippen molar-refractivity contribution in [1.29, 1.82) is 0 Å². The monoisotopic (exact) mass is 330 g/mol. The summed E-state index contributed by atoms with van der Waals surface area (Å²) < 4.78 is 0. The predicted octanol–water partition coefficient (Wildman–Crippen LogP) is 3.69. The first kappa shape index (κ1) is 16.5. The first-order valence-electron chi connectivity index (χ1n) is 9.70. The fraction of sp³-hybridized carbons (Fsp3) is 0.810. The lowest BCUT2D eigenvalue weighted by molar-refractivity contribution is -0.143. The number of allylic oxidation sites excluding steroid dienone is 1. The molecule has 4 rings (SSSR count). The minimum absolute atomic E-state index is 0.0219. The largest absolute Gasteiger partial charge is 0.393 e. The van der Waals surface area contributed by atoms with Crippen molar-refractivity contribution in [3.05, 3.63) is 11.6 Å². The van der Waals surface area contributed by atoms with Gasteiger partial charge in [-0.25, -0.2) is 0 Å². The maximum atomic E-state index is 12.2. The van der Waals surface area contributed by atoms with Crippen LogP contribution >= 0.6 is 0 Å². The van der Waals surface area contributed by atoms with E-state index in [9.17, 15) is 14.7 Å². The van der Waals surface area contributed by atoms with Gasteiger partial charge in [0.2, 0.25) is 0 Å². The van der Waals surface area contributed by atoms with E-state index in [0.29, 0.717) is 24.0 Å². The molecule has 132 valence electrons. The second-order valence-corrected chi connectivity index (χ2v) is 9.41. The van der Waals surface area contributed by atoms with Gasteiger partial charge in [0, 0.05) is 12.3 Å². The third-order valence-electron chi connectivity index (χ3n) is 8.38. The highest BCUT2D eigenvalue weighted by Crippen LogP contribution is 2.66. The highest BCUT2D eigenvalue weighted by Gasteiger charge is 2.62. The Kier molecular flexibility index (Phi) is 3.62. The average Bonchev–Trinajstić information content (AvgIpc) is 2.84. The molecule has 3 fully saturated rings. The number of hydrogen-bond acceptors (Lipinski definition) is 3. The van der Waals surface area contributed by atoms with Gasteiger partial charge in [0.25, 0.3) is 0 Å². The van der Waals surface area contributed by atoms with Gasteiger partial charge in [0.1, 0.15) is 5.78 Å². The molecule has 4 aliphatic rings. The lowest BCUT2D eigenvalue weighted by Crippen LogP contribution is -2.56. The molecular weight excluding hydrogens is 300 g/mol. The van der Waals surface area contributed by atoms with Crippen LogP contribution in [0.2, 0.25) is 0 Å². The van der Waals surface area contributed by atoms with Gasteiger partial charge in [0.05, 0.1) is 6.10 Å². The van der Waals surface area contributed by atoms with E-state index in [2.05, 4.69) is 13.8 Å². The molecule has 7 atom stereocenters. The van der Waals surface area contributed by atoms with Crippen LogP contribution < -0.4 is 0 Å². The van der Waals surface area contributed by atoms with Crippen molar-refractivity contribution in [2.45, 2.75) is 71.8 Å². The van der Waals surface area contributed by atoms with E-state index in [1.807, 2.05) is 6.08 Å². The summed E-state index contributed by atoms with van der Waals surface area (Å²) in [5, 5.41) is 11.2. The Morgan fingerprint density at radius 2 is 1.96 bits per heavy atom. The number of ketones is 2. The summed E-state index contributed by atoms with van der Waals surface area (Å²) in [6.45, 7) is 6.27. The summed E-state index contributed by atoms with van der Waals surface area (Å²) in [7, 11) is 0. The topological polar surface area (TPSA) is 54.4 Å². The number of carbonyl (C=O) groups is 2. The summed E-state index contributed by atoms with van der Waals surface area (Å²) in [5.41, 5.74) is 1.23. The minimum Gasteiger partial charge on any atom is -0.393 e. The van der Waals surface area contributed by atoms with Crippen molar-refractivity contribution < 1.29 is 14.7 Å². The molecule has 0 aromatic rings. The van der Waals surface area contributed by atoms with Crippen LogP contribution in [-0.4, -0.2) is 22.8 Å². The molecule has 1 N–H and O–H groups in total. The Morgan fingerprint density at radius 3 is 2.67 bits per heavy atom. The lowest BCUT2D eigenvalue weighted by Gasteiger charge is -2.59. The maximum absolute atomic E-state index is 12.2. The molecule has 0 radical (unpaired) electrons. The molecule has 0 saturated heterocycles. The lowest BCUT2D eigenvalue weighted by atomic mass is 9.46. The van der Waals surface area contributed by atoms with Crippen LogP contribution in [0.5, 0.6) is 0 Å². The standard InChI is InChI=1S/C21H30O3/c1-12(22)16-6-7-17-15-5-4-13-10-14(23)8-9-20(13,2)19(15)18(24)11-21(16,17)3/h10,15-19,24H,4-9,11H2,1-3H3/t15-,16+,17-,18+,19-,20+,21+/m0/s1. The van der Waals surface area contributed by atoms with E-state index < -0.39 is 0 Å². The molecule has 0 aromatic carbocycles. The Morgan fingerprint density at radius 1 is 1.21 bits per heavy atom. The van der Waals surface area contributed by atoms with E-state index >= 15 is 0 Å². The van der Waals surface area contributed by atoms with Crippen molar-refractivity contribution in [2.75, 3.05) is 0 Å². The molecular formula is C21H30O3. The number of fused-ring (bicyclic) bond motifs is 5. The molecule has 0 bridgehead atoms. The van der Waals surface area contributed by atoms with Crippen molar-refractivity contribution >= 4 is 11.6 Å². The number of aliphatic hydroxyl groups excluding tert-OH is 1. The minimum atomic E-state index is -0.349. The van der Waals surface area contributed by atoms with Crippen molar-refractivity contribution in [3.8, 4) is 0 Å². The van der Waals surface area contributed by atoms with Crippen LogP contribution in [0.3, 0.4) is 0 Å². The first-order valence-corrected chi connectivity index (χ1v) is 9.70. The van der Waals surface area contributed by atoms with Gasteiger partial charge in [-0.3, -0.25) is 9.59 Å². The van der Waals surface area contributed by atoms with E-state index in [4.69, 9.17) is 0 Å². The molecule has 0 unspecified atom stereocenters. The zero-order valence-electron chi connectivity index (χ0n) is 15.2. The zero-order valence-corrected chi connectivity index (χ0v) is 15.2. The fourth-order valence-electron chi connectivity index (χ4n) is 7.35. The molecule has 0 aromatic heterocycles. The normalized spacial score (nSPS) is 50.6. The van der Waals surface area contributed by atoms with Gasteiger partial charge in [0.15, 0.2) is 5.78 Å². The predicted molar refractivity (Wildman–Crippen MR) is 92.3 cm³/mol. The van der Waals surface area contributed by atoms with E-state index in [-0.39, 0.29) is 34.6 Å². The number of aliphatic hydroxyl groups is 1. The van der Waals surface area contributed by atoms with Crippen LogP contribution in [0.1, 0.15) is 65.7 Å². The number of rotatable bonds is 1. The molecule has 3 heteroatoms. The Bertz CT molecular complexity index is 621. The van der Waals surface area contributed by atoms with Gasteiger partial charge in [-0.05, 0) is 80.1 Å². The first-order chi connectivity index (χ1) is 11.3. The molecule has 3 nitrogen and oxygen atoms in total. The third kappa shape index (κ3) is 2.06. The van der Waals surface area contributed by atoms with Crippen molar-refractivity contribution in [2.24, 2.45) is 34.5 Å². The molecule has 3 saturated carbocycles. The van der Waals surface area contributed by atoms with Crippen LogP contribution in [-0.2, 0) is 9.59 Å². The zero-order chi connectivity index (χ0) is 17.3. The summed E-state index contributed by atoms with van der Waals surface area (Å²) >= 11 is 0. The van der Waals surface area contributed by atoms with Gasteiger partial charge >= 0.3 is 0 Å². The average molecular weight is 330 g/mol. The molecule has 0 spiro atoms. The van der Waals surface area contributed by atoms with Crippen molar-refractivity contribution in [3.63, 3.8) is 0 Å². The van der Waals surface area contributed by atoms with Crippen molar-refractivity contribution in [1.82, 2.24) is 0 Å². The van der Waals surface area contributed by atoms with E-state index in [1.54, 1.807) is 6.92 Å². The Hall–Kier alpha value is -0.960. The summed E-state index contributed by atoms with van der Waals surface area (Å²) in [6, 6.07) is 0. The number of carbonyl (C=O) groups excluding carboxylic acids is 2. The van der Waals surface area contributed by atoms with Gasteiger partial charge in [-0.2, -0.15) is 0 Å². The second-order valence-electron chi connectivity index (χ2n) is 9.41. The van der Waals surface area contributed by atoms with E-state index in [1.165, 1.54) is 5.57 Å². The smallest absolute Gasteiger partial charge is 0.155 e. The van der Waals surface area contributed by atoms with Crippen LogP contribution in [0.15, 0.2) is 11.6 Å². The third-order valence-corrected chi connectivity index (χ3v) is 8.38.